The molecule has 2 aliphatic heterocycles. The first kappa shape index (κ1) is 15.5. The van der Waals surface area contributed by atoms with Crippen LogP contribution in [0.5, 0.6) is 0 Å². The molecule has 3 aliphatic rings. The van der Waals surface area contributed by atoms with Crippen LogP contribution in [0.4, 0.5) is 0 Å². The number of ether oxygens (including phenoxy) is 3. The lowest BCUT2D eigenvalue weighted by atomic mass is 9.84. The third kappa shape index (κ3) is 2.56. The molecule has 22 heavy (non-hydrogen) atoms. The second-order valence-electron chi connectivity index (χ2n) is 6.97. The van der Waals surface area contributed by atoms with Gasteiger partial charge in [0.05, 0.1) is 17.8 Å². The molecule has 6 unspecified atom stereocenters. The zero-order valence-corrected chi connectivity index (χ0v) is 13.5. The maximum absolute atomic E-state index is 11.7. The summed E-state index contributed by atoms with van der Waals surface area (Å²) >= 11 is 0. The predicted octanol–water partition coefficient (Wildman–Crippen LogP) is 2.38. The molecular formula is C17H24O5. The monoisotopic (exact) mass is 308 g/mol. The van der Waals surface area contributed by atoms with Crippen LogP contribution < -0.4 is 0 Å². The molecule has 0 N–H and O–H groups in total. The minimum atomic E-state index is -0.251. The maximum Gasteiger partial charge on any atom is 0.334 e. The number of hydrogen-bond donors (Lipinski definition) is 0. The molecule has 6 atom stereocenters. The molecule has 2 saturated heterocycles. The van der Waals surface area contributed by atoms with Gasteiger partial charge >= 0.3 is 11.9 Å². The largest absolute Gasteiger partial charge is 0.463 e. The van der Waals surface area contributed by atoms with Crippen molar-refractivity contribution >= 4 is 11.9 Å². The van der Waals surface area contributed by atoms with Gasteiger partial charge in [-0.3, -0.25) is 4.79 Å². The van der Waals surface area contributed by atoms with Crippen LogP contribution >= 0.6 is 0 Å². The van der Waals surface area contributed by atoms with Crippen molar-refractivity contribution in [1.29, 1.82) is 0 Å². The van der Waals surface area contributed by atoms with E-state index in [0.717, 1.165) is 25.7 Å². The molecule has 122 valence electrons. The van der Waals surface area contributed by atoms with Gasteiger partial charge in [0.2, 0.25) is 0 Å². The van der Waals surface area contributed by atoms with Gasteiger partial charge in [0.15, 0.2) is 0 Å². The Kier molecular flexibility index (Phi) is 3.79. The summed E-state index contributed by atoms with van der Waals surface area (Å²) in [6.07, 6.45) is 3.29. The molecule has 0 aromatic heterocycles. The highest BCUT2D eigenvalue weighted by molar-refractivity contribution is 5.90. The second kappa shape index (κ2) is 5.37. The zero-order valence-electron chi connectivity index (χ0n) is 13.5. The first-order valence-corrected chi connectivity index (χ1v) is 8.08. The molecule has 3 fully saturated rings. The van der Waals surface area contributed by atoms with E-state index >= 15 is 0 Å². The van der Waals surface area contributed by atoms with Gasteiger partial charge in [0, 0.05) is 18.4 Å². The van der Waals surface area contributed by atoms with Crippen LogP contribution in [0.2, 0.25) is 0 Å². The SMILES string of the molecule is C=C1C(=O)OC2CC(C)C3(CCC(C)OC(C)=O)OC3CC12. The highest BCUT2D eigenvalue weighted by Gasteiger charge is 2.63. The fourth-order valence-corrected chi connectivity index (χ4v) is 4.11. The normalized spacial score (nSPS) is 41.0. The molecule has 1 aliphatic carbocycles. The van der Waals surface area contributed by atoms with Gasteiger partial charge in [-0.05, 0) is 38.5 Å². The standard InChI is InChI=1S/C17H24O5/c1-9-7-14-13(11(3)16(19)21-14)8-15-17(9,22-15)6-5-10(2)20-12(4)18/h9-10,13-15H,3,5-8H2,1-2,4H3. The summed E-state index contributed by atoms with van der Waals surface area (Å²) < 4.78 is 16.7. The quantitative estimate of drug-likeness (QED) is 0.453. The first-order valence-electron chi connectivity index (χ1n) is 8.08. The lowest BCUT2D eigenvalue weighted by molar-refractivity contribution is -0.146. The van der Waals surface area contributed by atoms with Crippen LogP contribution in [0.3, 0.4) is 0 Å². The lowest BCUT2D eigenvalue weighted by Gasteiger charge is -2.23. The van der Waals surface area contributed by atoms with Crippen molar-refractivity contribution in [3.63, 3.8) is 0 Å². The van der Waals surface area contributed by atoms with Crippen molar-refractivity contribution < 1.29 is 23.8 Å². The van der Waals surface area contributed by atoms with Crippen LogP contribution in [0.15, 0.2) is 12.2 Å². The van der Waals surface area contributed by atoms with E-state index in [1.54, 1.807) is 0 Å². The lowest BCUT2D eigenvalue weighted by Crippen LogP contribution is -2.28. The Balaban J connectivity index is 1.64. The van der Waals surface area contributed by atoms with Gasteiger partial charge in [-0.1, -0.05) is 13.5 Å². The molecule has 5 nitrogen and oxygen atoms in total. The molecule has 0 spiro atoms. The second-order valence-corrected chi connectivity index (χ2v) is 6.97. The van der Waals surface area contributed by atoms with E-state index in [1.807, 2.05) is 6.92 Å². The number of fused-ring (bicyclic) bond motifs is 2. The van der Waals surface area contributed by atoms with Crippen molar-refractivity contribution in [3.8, 4) is 0 Å². The van der Waals surface area contributed by atoms with Crippen molar-refractivity contribution in [2.45, 2.75) is 70.4 Å². The minimum Gasteiger partial charge on any atom is -0.463 e. The Labute approximate surface area is 131 Å². The van der Waals surface area contributed by atoms with E-state index in [4.69, 9.17) is 14.2 Å². The summed E-state index contributed by atoms with van der Waals surface area (Å²) in [5, 5.41) is 0. The van der Waals surface area contributed by atoms with Crippen molar-refractivity contribution in [1.82, 2.24) is 0 Å². The van der Waals surface area contributed by atoms with E-state index < -0.39 is 0 Å². The summed E-state index contributed by atoms with van der Waals surface area (Å²) in [4.78, 5) is 22.7. The maximum atomic E-state index is 11.7. The Morgan fingerprint density at radius 1 is 1.50 bits per heavy atom. The van der Waals surface area contributed by atoms with Crippen LogP contribution in [-0.4, -0.2) is 35.9 Å². The molecular weight excluding hydrogens is 284 g/mol. The van der Waals surface area contributed by atoms with Gasteiger partial charge < -0.3 is 14.2 Å². The molecule has 2 heterocycles. The minimum absolute atomic E-state index is 0.0471. The fraction of sp³-hybridized carbons (Fsp3) is 0.765. The predicted molar refractivity (Wildman–Crippen MR) is 79.0 cm³/mol. The smallest absolute Gasteiger partial charge is 0.334 e. The molecule has 1 saturated carbocycles. The third-order valence-corrected chi connectivity index (χ3v) is 5.46. The Hall–Kier alpha value is -1.36. The van der Waals surface area contributed by atoms with Gasteiger partial charge in [-0.15, -0.1) is 0 Å². The summed E-state index contributed by atoms with van der Waals surface area (Å²) in [6, 6.07) is 0. The fourth-order valence-electron chi connectivity index (χ4n) is 4.11. The van der Waals surface area contributed by atoms with Gasteiger partial charge in [0.25, 0.3) is 0 Å². The van der Waals surface area contributed by atoms with E-state index in [1.165, 1.54) is 6.92 Å². The van der Waals surface area contributed by atoms with E-state index in [2.05, 4.69) is 13.5 Å². The highest BCUT2D eigenvalue weighted by atomic mass is 16.6. The Morgan fingerprint density at radius 2 is 2.23 bits per heavy atom. The summed E-state index contributed by atoms with van der Waals surface area (Å²) in [5.41, 5.74) is 0.447. The summed E-state index contributed by atoms with van der Waals surface area (Å²) in [6.45, 7) is 9.38. The number of esters is 2. The number of hydrogen-bond acceptors (Lipinski definition) is 5. The molecule has 0 aromatic carbocycles. The summed E-state index contributed by atoms with van der Waals surface area (Å²) in [5.74, 6) is -0.0882. The molecule has 0 aromatic rings. The van der Waals surface area contributed by atoms with Crippen LogP contribution in [0.1, 0.15) is 46.5 Å². The number of rotatable bonds is 4. The van der Waals surface area contributed by atoms with Crippen LogP contribution in [-0.2, 0) is 23.8 Å². The van der Waals surface area contributed by atoms with Crippen molar-refractivity contribution in [3.05, 3.63) is 12.2 Å². The van der Waals surface area contributed by atoms with Gasteiger partial charge in [0.1, 0.15) is 6.10 Å². The van der Waals surface area contributed by atoms with Gasteiger partial charge in [-0.25, -0.2) is 4.79 Å². The van der Waals surface area contributed by atoms with Crippen molar-refractivity contribution in [2.24, 2.45) is 11.8 Å². The topological polar surface area (TPSA) is 65.1 Å². The Bertz CT molecular complexity index is 513. The number of carbonyl (C=O) groups excluding carboxylic acids is 2. The first-order chi connectivity index (χ1) is 10.3. The summed E-state index contributed by atoms with van der Waals surface area (Å²) in [7, 11) is 0. The number of carbonyl (C=O) groups is 2. The number of epoxide rings is 1. The van der Waals surface area contributed by atoms with E-state index in [0.29, 0.717) is 11.5 Å². The Morgan fingerprint density at radius 3 is 2.91 bits per heavy atom. The van der Waals surface area contributed by atoms with E-state index in [9.17, 15) is 9.59 Å². The van der Waals surface area contributed by atoms with Gasteiger partial charge in [-0.2, -0.15) is 0 Å². The molecule has 5 heteroatoms. The molecule has 0 bridgehead atoms. The van der Waals surface area contributed by atoms with Crippen LogP contribution in [0.25, 0.3) is 0 Å². The third-order valence-electron chi connectivity index (χ3n) is 5.46. The van der Waals surface area contributed by atoms with Crippen molar-refractivity contribution in [2.75, 3.05) is 0 Å². The molecule has 3 rings (SSSR count). The molecule has 0 amide bonds. The van der Waals surface area contributed by atoms with E-state index in [-0.39, 0.29) is 41.8 Å². The average molecular weight is 308 g/mol. The zero-order chi connectivity index (χ0) is 16.1. The average Bonchev–Trinajstić information content (AvgIpc) is 3.09. The highest BCUT2D eigenvalue weighted by Crippen LogP contribution is 2.56. The van der Waals surface area contributed by atoms with Crippen LogP contribution in [0, 0.1) is 11.8 Å². The molecule has 0 radical (unpaired) electrons.